The highest BCUT2D eigenvalue weighted by atomic mass is 16.1. The topological polar surface area (TPSA) is 85.2 Å². The molecule has 2 rings (SSSR count). The number of rotatable bonds is 5. The highest BCUT2D eigenvalue weighted by Crippen LogP contribution is 2.16. The first kappa shape index (κ1) is 13.9. The second-order valence-corrected chi connectivity index (χ2v) is 4.76. The first-order chi connectivity index (χ1) is 9.54. The van der Waals surface area contributed by atoms with E-state index in [0.717, 1.165) is 16.9 Å². The minimum absolute atomic E-state index is 0.126. The lowest BCUT2D eigenvalue weighted by Gasteiger charge is -2.22. The number of aromatic nitrogens is 1. The largest absolute Gasteiger partial charge is 0.399 e. The number of nitrogens with two attached hydrogens (primary N) is 2. The summed E-state index contributed by atoms with van der Waals surface area (Å²) in [7, 11) is 0. The smallest absolute Gasteiger partial charge is 0.237 e. The molecule has 0 radical (unpaired) electrons. The van der Waals surface area contributed by atoms with Crippen LogP contribution in [0.3, 0.4) is 0 Å². The average Bonchev–Trinajstić information content (AvgIpc) is 2.40. The van der Waals surface area contributed by atoms with Crippen molar-refractivity contribution in [3.05, 3.63) is 53.7 Å². The van der Waals surface area contributed by atoms with Gasteiger partial charge in [0.05, 0.1) is 6.54 Å². The van der Waals surface area contributed by atoms with E-state index in [-0.39, 0.29) is 12.5 Å². The van der Waals surface area contributed by atoms with Gasteiger partial charge in [0.2, 0.25) is 5.91 Å². The molecule has 1 aromatic heterocycles. The van der Waals surface area contributed by atoms with Gasteiger partial charge in [0, 0.05) is 18.4 Å². The fraction of sp³-hybridized carbons (Fsp3) is 0.200. The Balaban J connectivity index is 2.23. The molecule has 1 heterocycles. The maximum Gasteiger partial charge on any atom is 0.237 e. The van der Waals surface area contributed by atoms with Gasteiger partial charge in [-0.3, -0.25) is 4.79 Å². The number of carbonyl (C=O) groups excluding carboxylic acids is 1. The Morgan fingerprint density at radius 3 is 2.55 bits per heavy atom. The minimum Gasteiger partial charge on any atom is -0.399 e. The minimum atomic E-state index is -0.385. The predicted octanol–water partition coefficient (Wildman–Crippen LogP) is 1.46. The number of nitrogens with zero attached hydrogens (tertiary/aromatic N) is 2. The molecule has 104 valence electrons. The maximum absolute atomic E-state index is 11.2. The summed E-state index contributed by atoms with van der Waals surface area (Å²) in [5, 5.41) is 0. The Bertz CT molecular complexity index is 595. The summed E-state index contributed by atoms with van der Waals surface area (Å²) in [5.41, 5.74) is 13.8. The molecule has 0 unspecified atom stereocenters. The van der Waals surface area contributed by atoms with Gasteiger partial charge in [-0.25, -0.2) is 4.98 Å². The molecule has 0 spiro atoms. The summed E-state index contributed by atoms with van der Waals surface area (Å²) in [5.74, 6) is 0.351. The predicted molar refractivity (Wildman–Crippen MR) is 80.1 cm³/mol. The normalized spacial score (nSPS) is 10.2. The molecular weight excluding hydrogens is 252 g/mol. The van der Waals surface area contributed by atoms with E-state index in [2.05, 4.69) is 4.98 Å². The number of hydrogen-bond acceptors (Lipinski definition) is 4. The van der Waals surface area contributed by atoms with Gasteiger partial charge in [0.1, 0.15) is 5.82 Å². The molecule has 0 fully saturated rings. The van der Waals surface area contributed by atoms with E-state index >= 15 is 0 Å². The average molecular weight is 270 g/mol. The van der Waals surface area contributed by atoms with Crippen molar-refractivity contribution < 1.29 is 4.79 Å². The van der Waals surface area contributed by atoms with Crippen LogP contribution >= 0.6 is 0 Å². The van der Waals surface area contributed by atoms with Crippen LogP contribution in [0.25, 0.3) is 0 Å². The second kappa shape index (κ2) is 6.06. The van der Waals surface area contributed by atoms with Crippen molar-refractivity contribution in [2.75, 3.05) is 17.2 Å². The zero-order chi connectivity index (χ0) is 14.5. The molecule has 4 N–H and O–H groups in total. The van der Waals surface area contributed by atoms with Crippen LogP contribution in [-0.4, -0.2) is 17.4 Å². The van der Waals surface area contributed by atoms with Crippen LogP contribution < -0.4 is 16.4 Å². The Hall–Kier alpha value is -2.56. The van der Waals surface area contributed by atoms with Crippen molar-refractivity contribution in [3.63, 3.8) is 0 Å². The fourth-order valence-corrected chi connectivity index (χ4v) is 1.94. The van der Waals surface area contributed by atoms with E-state index in [9.17, 15) is 4.79 Å². The van der Waals surface area contributed by atoms with Crippen LogP contribution in [0, 0.1) is 6.92 Å². The SMILES string of the molecule is Cc1ccnc(N(CC(N)=O)Cc2ccc(N)cc2)c1. The van der Waals surface area contributed by atoms with Crippen molar-refractivity contribution in [3.8, 4) is 0 Å². The van der Waals surface area contributed by atoms with Crippen molar-refractivity contribution in [2.24, 2.45) is 5.73 Å². The van der Waals surface area contributed by atoms with Crippen LogP contribution in [0.4, 0.5) is 11.5 Å². The number of pyridine rings is 1. The Kier molecular flexibility index (Phi) is 4.20. The van der Waals surface area contributed by atoms with E-state index in [1.54, 1.807) is 6.20 Å². The lowest BCUT2D eigenvalue weighted by Crippen LogP contribution is -2.34. The van der Waals surface area contributed by atoms with Gasteiger partial charge < -0.3 is 16.4 Å². The molecular formula is C15H18N4O. The second-order valence-electron chi connectivity index (χ2n) is 4.76. The van der Waals surface area contributed by atoms with Crippen molar-refractivity contribution in [2.45, 2.75) is 13.5 Å². The number of primary amides is 1. The molecule has 0 aliphatic carbocycles. The van der Waals surface area contributed by atoms with Crippen molar-refractivity contribution in [1.82, 2.24) is 4.98 Å². The first-order valence-corrected chi connectivity index (χ1v) is 6.35. The lowest BCUT2D eigenvalue weighted by molar-refractivity contribution is -0.116. The molecule has 1 amide bonds. The van der Waals surface area contributed by atoms with Crippen molar-refractivity contribution >= 4 is 17.4 Å². The highest BCUT2D eigenvalue weighted by molar-refractivity contribution is 5.79. The summed E-state index contributed by atoms with van der Waals surface area (Å²) in [6, 6.07) is 11.4. The maximum atomic E-state index is 11.2. The number of nitrogen functional groups attached to an aromatic ring is 1. The van der Waals surface area contributed by atoms with E-state index < -0.39 is 0 Å². The Morgan fingerprint density at radius 1 is 1.25 bits per heavy atom. The standard InChI is InChI=1S/C15H18N4O/c1-11-6-7-18-15(8-11)19(10-14(17)20)9-12-2-4-13(16)5-3-12/h2-8H,9-10,16H2,1H3,(H2,17,20). The third kappa shape index (κ3) is 3.71. The number of carbonyl (C=O) groups is 1. The molecule has 0 aliphatic heterocycles. The quantitative estimate of drug-likeness (QED) is 0.805. The van der Waals surface area contributed by atoms with Gasteiger partial charge in [-0.05, 0) is 42.3 Å². The number of benzene rings is 1. The van der Waals surface area contributed by atoms with Gasteiger partial charge in [-0.15, -0.1) is 0 Å². The van der Waals surface area contributed by atoms with Crippen molar-refractivity contribution in [1.29, 1.82) is 0 Å². The number of anilines is 2. The molecule has 0 bridgehead atoms. The van der Waals surface area contributed by atoms with Crippen LogP contribution in [0.15, 0.2) is 42.6 Å². The van der Waals surface area contributed by atoms with Crippen LogP contribution in [0.5, 0.6) is 0 Å². The summed E-state index contributed by atoms with van der Waals surface area (Å²) < 4.78 is 0. The van der Waals surface area contributed by atoms with Gasteiger partial charge in [0.25, 0.3) is 0 Å². The number of hydrogen-bond donors (Lipinski definition) is 2. The first-order valence-electron chi connectivity index (χ1n) is 6.35. The van der Waals surface area contributed by atoms with E-state index in [1.807, 2.05) is 48.2 Å². The zero-order valence-electron chi connectivity index (χ0n) is 11.4. The molecule has 5 nitrogen and oxygen atoms in total. The summed E-state index contributed by atoms with van der Waals surface area (Å²) >= 11 is 0. The summed E-state index contributed by atoms with van der Waals surface area (Å²) in [4.78, 5) is 17.4. The van der Waals surface area contributed by atoms with Crippen LogP contribution in [0.2, 0.25) is 0 Å². The highest BCUT2D eigenvalue weighted by Gasteiger charge is 2.11. The Morgan fingerprint density at radius 2 is 1.95 bits per heavy atom. The lowest BCUT2D eigenvalue weighted by atomic mass is 10.2. The van der Waals surface area contributed by atoms with Gasteiger partial charge >= 0.3 is 0 Å². The Labute approximate surface area is 118 Å². The third-order valence-electron chi connectivity index (χ3n) is 2.92. The monoisotopic (exact) mass is 270 g/mol. The molecule has 5 heteroatoms. The van der Waals surface area contributed by atoms with Crippen LogP contribution in [0.1, 0.15) is 11.1 Å². The van der Waals surface area contributed by atoms with Gasteiger partial charge in [-0.1, -0.05) is 12.1 Å². The molecule has 0 atom stereocenters. The van der Waals surface area contributed by atoms with E-state index in [4.69, 9.17) is 11.5 Å². The molecule has 1 aromatic carbocycles. The van der Waals surface area contributed by atoms with Crippen LogP contribution in [-0.2, 0) is 11.3 Å². The summed E-state index contributed by atoms with van der Waals surface area (Å²) in [6.07, 6.45) is 1.72. The fourth-order valence-electron chi connectivity index (χ4n) is 1.94. The summed E-state index contributed by atoms with van der Waals surface area (Å²) in [6.45, 7) is 2.66. The zero-order valence-corrected chi connectivity index (χ0v) is 11.4. The molecule has 0 saturated carbocycles. The van der Waals surface area contributed by atoms with Gasteiger partial charge in [-0.2, -0.15) is 0 Å². The number of aryl methyl sites for hydroxylation is 1. The molecule has 2 aromatic rings. The van der Waals surface area contributed by atoms with E-state index in [1.165, 1.54) is 0 Å². The third-order valence-corrected chi connectivity index (χ3v) is 2.92. The van der Waals surface area contributed by atoms with E-state index in [0.29, 0.717) is 12.2 Å². The molecule has 20 heavy (non-hydrogen) atoms. The molecule has 0 saturated heterocycles. The number of amides is 1. The van der Waals surface area contributed by atoms with Gasteiger partial charge in [0.15, 0.2) is 0 Å². The molecule has 0 aliphatic rings.